The van der Waals surface area contributed by atoms with Crippen molar-refractivity contribution >= 4 is 34.6 Å². The average Bonchev–Trinajstić information content (AvgIpc) is 3.05. The Bertz CT molecular complexity index is 742. The number of rotatable bonds is 2. The van der Waals surface area contributed by atoms with E-state index in [0.29, 0.717) is 43.9 Å². The summed E-state index contributed by atoms with van der Waals surface area (Å²) >= 11 is 6.01. The van der Waals surface area contributed by atoms with E-state index in [4.69, 9.17) is 20.8 Å². The minimum atomic E-state index is -0.00421. The molecule has 0 N–H and O–H groups in total. The van der Waals surface area contributed by atoms with Gasteiger partial charge in [-0.05, 0) is 31.0 Å². The fraction of sp³-hybridized carbons (Fsp3) is 0.529. The van der Waals surface area contributed by atoms with E-state index >= 15 is 0 Å². The Kier molecular flexibility index (Phi) is 4.33. The highest BCUT2D eigenvalue weighted by atomic mass is 35.5. The quantitative estimate of drug-likeness (QED) is 0.834. The van der Waals surface area contributed by atoms with Crippen molar-refractivity contribution in [2.45, 2.75) is 12.8 Å². The normalized spacial score (nSPS) is 22.1. The molecule has 128 valence electrons. The van der Waals surface area contributed by atoms with Gasteiger partial charge < -0.3 is 19.0 Å². The van der Waals surface area contributed by atoms with Gasteiger partial charge >= 0.3 is 0 Å². The molecule has 6 nitrogen and oxygen atoms in total. The number of morpholine rings is 1. The molecule has 0 bridgehead atoms. The van der Waals surface area contributed by atoms with Crippen molar-refractivity contribution in [1.29, 1.82) is 0 Å². The molecule has 2 fully saturated rings. The molecule has 0 spiro atoms. The highest BCUT2D eigenvalue weighted by Gasteiger charge is 2.31. The van der Waals surface area contributed by atoms with Crippen LogP contribution in [-0.4, -0.2) is 55.2 Å². The molecule has 1 unspecified atom stereocenters. The SMILES string of the molecule is O=C(C1CCCN(c2nc3cc(Cl)ccc3o2)C1)N1CCOCC1. The highest BCUT2D eigenvalue weighted by Crippen LogP contribution is 2.28. The molecule has 1 amide bonds. The molecule has 0 saturated carbocycles. The maximum absolute atomic E-state index is 12.7. The van der Waals surface area contributed by atoms with Gasteiger partial charge in [0.25, 0.3) is 6.01 Å². The topological polar surface area (TPSA) is 58.8 Å². The number of hydrogen-bond donors (Lipinski definition) is 0. The number of aromatic nitrogens is 1. The number of carbonyl (C=O) groups is 1. The van der Waals surface area contributed by atoms with Crippen molar-refractivity contribution in [3.8, 4) is 0 Å². The van der Waals surface area contributed by atoms with Crippen LogP contribution in [0.15, 0.2) is 22.6 Å². The second-order valence-corrected chi connectivity index (χ2v) is 6.77. The number of amides is 1. The molecule has 3 heterocycles. The molecule has 7 heteroatoms. The first-order chi connectivity index (χ1) is 11.7. The van der Waals surface area contributed by atoms with Crippen LogP contribution in [0.4, 0.5) is 6.01 Å². The molecule has 4 rings (SSSR count). The molecule has 2 aromatic rings. The second kappa shape index (κ2) is 6.61. The van der Waals surface area contributed by atoms with Crippen LogP contribution in [0.3, 0.4) is 0 Å². The third-order valence-electron chi connectivity index (χ3n) is 4.70. The summed E-state index contributed by atoms with van der Waals surface area (Å²) in [5, 5.41) is 0.640. The number of anilines is 1. The van der Waals surface area contributed by atoms with Gasteiger partial charge in [-0.25, -0.2) is 0 Å². The van der Waals surface area contributed by atoms with E-state index in [1.165, 1.54) is 0 Å². The first-order valence-electron chi connectivity index (χ1n) is 8.38. The Labute approximate surface area is 145 Å². The molecule has 2 aliphatic rings. The van der Waals surface area contributed by atoms with Gasteiger partial charge in [-0.3, -0.25) is 4.79 Å². The van der Waals surface area contributed by atoms with Crippen LogP contribution in [0.25, 0.3) is 11.1 Å². The Hall–Kier alpha value is -1.79. The summed E-state index contributed by atoms with van der Waals surface area (Å²) in [7, 11) is 0. The number of hydrogen-bond acceptors (Lipinski definition) is 5. The summed E-state index contributed by atoms with van der Waals surface area (Å²) in [4.78, 5) is 21.2. The zero-order chi connectivity index (χ0) is 16.5. The van der Waals surface area contributed by atoms with Gasteiger partial charge in [0.15, 0.2) is 5.58 Å². The third kappa shape index (κ3) is 3.08. The van der Waals surface area contributed by atoms with Crippen LogP contribution in [0, 0.1) is 5.92 Å². The molecule has 2 aliphatic heterocycles. The maximum Gasteiger partial charge on any atom is 0.298 e. The smallest absolute Gasteiger partial charge is 0.298 e. The average molecular weight is 350 g/mol. The molecule has 0 aliphatic carbocycles. The van der Waals surface area contributed by atoms with Crippen molar-refractivity contribution in [3.63, 3.8) is 0 Å². The van der Waals surface area contributed by atoms with Crippen molar-refractivity contribution in [3.05, 3.63) is 23.2 Å². The number of carbonyl (C=O) groups excluding carboxylic acids is 1. The monoisotopic (exact) mass is 349 g/mol. The van der Waals surface area contributed by atoms with Crippen molar-refractivity contribution in [2.24, 2.45) is 5.92 Å². The predicted octanol–water partition coefficient (Wildman–Crippen LogP) is 2.56. The number of oxazole rings is 1. The van der Waals surface area contributed by atoms with Gasteiger partial charge in [-0.2, -0.15) is 4.98 Å². The van der Waals surface area contributed by atoms with E-state index in [-0.39, 0.29) is 11.8 Å². The lowest BCUT2D eigenvalue weighted by molar-refractivity contribution is -0.139. The van der Waals surface area contributed by atoms with Gasteiger partial charge in [0.1, 0.15) is 5.52 Å². The van der Waals surface area contributed by atoms with E-state index in [0.717, 1.165) is 30.5 Å². The van der Waals surface area contributed by atoms with E-state index in [2.05, 4.69) is 9.88 Å². The highest BCUT2D eigenvalue weighted by molar-refractivity contribution is 6.31. The number of halogens is 1. The minimum absolute atomic E-state index is 0.00421. The molecular formula is C17H20ClN3O3. The van der Waals surface area contributed by atoms with Crippen LogP contribution in [-0.2, 0) is 9.53 Å². The number of nitrogens with zero attached hydrogens (tertiary/aromatic N) is 3. The lowest BCUT2D eigenvalue weighted by Crippen LogP contribution is -2.48. The summed E-state index contributed by atoms with van der Waals surface area (Å²) in [5.74, 6) is 0.220. The molecule has 1 atom stereocenters. The summed E-state index contributed by atoms with van der Waals surface area (Å²) in [6.07, 6.45) is 1.87. The number of benzene rings is 1. The van der Waals surface area contributed by atoms with Crippen molar-refractivity contribution < 1.29 is 13.9 Å². The van der Waals surface area contributed by atoms with Crippen molar-refractivity contribution in [1.82, 2.24) is 9.88 Å². The molecule has 24 heavy (non-hydrogen) atoms. The number of ether oxygens (including phenoxy) is 1. The van der Waals surface area contributed by atoms with E-state index in [1.54, 1.807) is 12.1 Å². The fourth-order valence-electron chi connectivity index (χ4n) is 3.42. The Balaban J connectivity index is 1.50. The number of fused-ring (bicyclic) bond motifs is 1. The largest absolute Gasteiger partial charge is 0.423 e. The van der Waals surface area contributed by atoms with E-state index in [9.17, 15) is 4.79 Å². The summed E-state index contributed by atoms with van der Waals surface area (Å²) in [5.41, 5.74) is 1.47. The zero-order valence-corrected chi connectivity index (χ0v) is 14.2. The van der Waals surface area contributed by atoms with Gasteiger partial charge in [0.2, 0.25) is 5.91 Å². The van der Waals surface area contributed by atoms with Crippen LogP contribution in [0.2, 0.25) is 5.02 Å². The van der Waals surface area contributed by atoms with E-state index < -0.39 is 0 Å². The minimum Gasteiger partial charge on any atom is -0.423 e. The molecular weight excluding hydrogens is 330 g/mol. The lowest BCUT2D eigenvalue weighted by Gasteiger charge is -2.35. The standard InChI is InChI=1S/C17H20ClN3O3/c18-13-3-4-15-14(10-13)19-17(24-15)21-5-1-2-12(11-21)16(22)20-6-8-23-9-7-20/h3-4,10,12H,1-2,5-9,11H2. The first-order valence-corrected chi connectivity index (χ1v) is 8.76. The molecule has 1 aromatic carbocycles. The van der Waals surface area contributed by atoms with Crippen LogP contribution in [0.5, 0.6) is 0 Å². The summed E-state index contributed by atoms with van der Waals surface area (Å²) in [6.45, 7) is 4.15. The predicted molar refractivity (Wildman–Crippen MR) is 91.4 cm³/mol. The van der Waals surface area contributed by atoms with Gasteiger partial charge in [0, 0.05) is 31.2 Å². The molecule has 2 saturated heterocycles. The Morgan fingerprint density at radius 3 is 2.92 bits per heavy atom. The molecule has 0 radical (unpaired) electrons. The van der Waals surface area contributed by atoms with Crippen LogP contribution < -0.4 is 4.90 Å². The summed E-state index contributed by atoms with van der Waals surface area (Å²) in [6, 6.07) is 5.99. The number of piperidine rings is 1. The van der Waals surface area contributed by atoms with Crippen LogP contribution in [0.1, 0.15) is 12.8 Å². The Morgan fingerprint density at radius 2 is 2.08 bits per heavy atom. The van der Waals surface area contributed by atoms with E-state index in [1.807, 2.05) is 11.0 Å². The summed E-state index contributed by atoms with van der Waals surface area (Å²) < 4.78 is 11.2. The van der Waals surface area contributed by atoms with Crippen LogP contribution >= 0.6 is 11.6 Å². The van der Waals surface area contributed by atoms with Gasteiger partial charge in [0.05, 0.1) is 19.1 Å². The first kappa shape index (κ1) is 15.7. The van der Waals surface area contributed by atoms with Gasteiger partial charge in [-0.15, -0.1) is 0 Å². The molecule has 1 aromatic heterocycles. The van der Waals surface area contributed by atoms with Crippen molar-refractivity contribution in [2.75, 3.05) is 44.3 Å². The third-order valence-corrected chi connectivity index (χ3v) is 4.94. The zero-order valence-electron chi connectivity index (χ0n) is 13.4. The second-order valence-electron chi connectivity index (χ2n) is 6.33. The Morgan fingerprint density at radius 1 is 1.25 bits per heavy atom. The maximum atomic E-state index is 12.7. The fourth-order valence-corrected chi connectivity index (χ4v) is 3.58. The van der Waals surface area contributed by atoms with Gasteiger partial charge in [-0.1, -0.05) is 11.6 Å². The lowest BCUT2D eigenvalue weighted by atomic mass is 9.96.